The van der Waals surface area contributed by atoms with Gasteiger partial charge < -0.3 is 4.90 Å². The Balaban J connectivity index is 0.00000280. The number of carbonyl (C=O) groups excluding carboxylic acids is 1. The number of anilines is 1. The number of para-hydroxylation sites is 1. The highest BCUT2D eigenvalue weighted by molar-refractivity contribution is 5.93. The smallest absolute Gasteiger partial charge is 0.226 e. The van der Waals surface area contributed by atoms with Gasteiger partial charge in [-0.2, -0.15) is 0 Å². The summed E-state index contributed by atoms with van der Waals surface area (Å²) in [7, 11) is 0. The van der Waals surface area contributed by atoms with Crippen LogP contribution in [0.4, 0.5) is 5.69 Å². The second-order valence-corrected chi connectivity index (χ2v) is 7.40. The molecule has 0 saturated carbocycles. The standard InChI is InChI=1S/C24H32N2O.ClH/c1-3-5-11-17-25-18-16-20-12-9-10-15-22(20)23(25)19-26(24(27)4-2)21-13-7-6-8-14-21;/h6-10,12-15,23H,3-5,11,16-19H2,1-2H3;1H. The third kappa shape index (κ3) is 5.36. The van der Waals surface area contributed by atoms with Crippen molar-refractivity contribution < 1.29 is 4.79 Å². The third-order valence-electron chi connectivity index (χ3n) is 5.60. The van der Waals surface area contributed by atoms with Crippen molar-refractivity contribution in [1.29, 1.82) is 0 Å². The fourth-order valence-electron chi connectivity index (χ4n) is 4.07. The van der Waals surface area contributed by atoms with Gasteiger partial charge in [0.25, 0.3) is 0 Å². The van der Waals surface area contributed by atoms with E-state index in [2.05, 4.69) is 36.1 Å². The van der Waals surface area contributed by atoms with Crippen LogP contribution in [0.3, 0.4) is 0 Å². The number of carbonyl (C=O) groups is 1. The lowest BCUT2D eigenvalue weighted by Crippen LogP contribution is -2.44. The second-order valence-electron chi connectivity index (χ2n) is 7.40. The summed E-state index contributed by atoms with van der Waals surface area (Å²) in [4.78, 5) is 17.4. The van der Waals surface area contributed by atoms with Gasteiger partial charge in [0.2, 0.25) is 5.91 Å². The van der Waals surface area contributed by atoms with E-state index in [1.54, 1.807) is 0 Å². The molecule has 0 N–H and O–H groups in total. The molecule has 152 valence electrons. The van der Waals surface area contributed by atoms with Gasteiger partial charge in [-0.15, -0.1) is 12.4 Å². The zero-order chi connectivity index (χ0) is 19.1. The lowest BCUT2D eigenvalue weighted by Gasteiger charge is -2.40. The van der Waals surface area contributed by atoms with E-state index in [1.165, 1.54) is 30.4 Å². The maximum atomic E-state index is 12.8. The molecule has 1 aliphatic heterocycles. The van der Waals surface area contributed by atoms with Gasteiger partial charge in [-0.3, -0.25) is 9.69 Å². The number of hydrogen-bond acceptors (Lipinski definition) is 2. The van der Waals surface area contributed by atoms with Gasteiger partial charge in [-0.1, -0.05) is 69.2 Å². The topological polar surface area (TPSA) is 23.6 Å². The predicted molar refractivity (Wildman–Crippen MR) is 120 cm³/mol. The predicted octanol–water partition coefficient (Wildman–Crippen LogP) is 5.64. The molecule has 1 atom stereocenters. The molecule has 2 aromatic carbocycles. The first-order valence-electron chi connectivity index (χ1n) is 10.4. The number of hydrogen-bond donors (Lipinski definition) is 0. The molecular weight excluding hydrogens is 368 g/mol. The van der Waals surface area contributed by atoms with E-state index in [-0.39, 0.29) is 24.4 Å². The van der Waals surface area contributed by atoms with Gasteiger partial charge >= 0.3 is 0 Å². The van der Waals surface area contributed by atoms with Crippen LogP contribution in [-0.4, -0.2) is 30.4 Å². The Labute approximate surface area is 176 Å². The van der Waals surface area contributed by atoms with Crippen LogP contribution in [0.1, 0.15) is 56.7 Å². The van der Waals surface area contributed by atoms with E-state index >= 15 is 0 Å². The summed E-state index contributed by atoms with van der Waals surface area (Å²) in [5.74, 6) is 0.192. The van der Waals surface area contributed by atoms with Crippen LogP contribution in [-0.2, 0) is 11.2 Å². The molecule has 0 aromatic heterocycles. The van der Waals surface area contributed by atoms with Crippen LogP contribution >= 0.6 is 12.4 Å². The van der Waals surface area contributed by atoms with E-state index in [4.69, 9.17) is 0 Å². The van der Waals surface area contributed by atoms with Gasteiger partial charge in [0.1, 0.15) is 0 Å². The SMILES string of the molecule is CCCCCN1CCc2ccccc2C1CN(C(=O)CC)c1ccccc1.Cl. The Morgan fingerprint density at radius 2 is 1.75 bits per heavy atom. The monoisotopic (exact) mass is 400 g/mol. The van der Waals surface area contributed by atoms with Crippen LogP contribution in [0.15, 0.2) is 54.6 Å². The minimum Gasteiger partial charge on any atom is -0.311 e. The lowest BCUT2D eigenvalue weighted by molar-refractivity contribution is -0.118. The number of halogens is 1. The average molecular weight is 401 g/mol. The lowest BCUT2D eigenvalue weighted by atomic mass is 9.91. The van der Waals surface area contributed by atoms with Crippen LogP contribution < -0.4 is 4.90 Å². The molecule has 0 bridgehead atoms. The molecule has 3 nitrogen and oxygen atoms in total. The van der Waals surface area contributed by atoms with Crippen molar-refractivity contribution in [2.45, 2.75) is 52.0 Å². The molecule has 3 rings (SSSR count). The zero-order valence-corrected chi connectivity index (χ0v) is 18.0. The first kappa shape index (κ1) is 22.4. The van der Waals surface area contributed by atoms with Gasteiger partial charge in [-0.25, -0.2) is 0 Å². The Bertz CT molecular complexity index is 734. The van der Waals surface area contributed by atoms with E-state index in [0.29, 0.717) is 6.42 Å². The Hall–Kier alpha value is -1.84. The molecule has 2 aromatic rings. The molecule has 0 radical (unpaired) electrons. The molecular formula is C24H33ClN2O. The molecule has 28 heavy (non-hydrogen) atoms. The number of fused-ring (bicyclic) bond motifs is 1. The van der Waals surface area contributed by atoms with Gasteiger partial charge in [0, 0.05) is 25.2 Å². The van der Waals surface area contributed by atoms with Crippen molar-refractivity contribution >= 4 is 24.0 Å². The normalized spacial score (nSPS) is 16.1. The van der Waals surface area contributed by atoms with Crippen molar-refractivity contribution in [2.24, 2.45) is 0 Å². The van der Waals surface area contributed by atoms with Gasteiger partial charge in [0.15, 0.2) is 0 Å². The van der Waals surface area contributed by atoms with E-state index in [9.17, 15) is 4.79 Å². The van der Waals surface area contributed by atoms with Crippen LogP contribution in [0.5, 0.6) is 0 Å². The molecule has 4 heteroatoms. The van der Waals surface area contributed by atoms with E-state index in [0.717, 1.165) is 31.7 Å². The van der Waals surface area contributed by atoms with Crippen LogP contribution in [0.25, 0.3) is 0 Å². The zero-order valence-electron chi connectivity index (χ0n) is 17.1. The summed E-state index contributed by atoms with van der Waals surface area (Å²) in [6, 6.07) is 19.2. The minimum atomic E-state index is 0. The fourth-order valence-corrected chi connectivity index (χ4v) is 4.07. The van der Waals surface area contributed by atoms with Crippen LogP contribution in [0.2, 0.25) is 0 Å². The Kier molecular flexibility index (Phi) is 9.01. The number of amides is 1. The fraction of sp³-hybridized carbons (Fsp3) is 0.458. The largest absolute Gasteiger partial charge is 0.311 e. The molecule has 1 aliphatic rings. The second kappa shape index (κ2) is 11.2. The maximum Gasteiger partial charge on any atom is 0.226 e. The van der Waals surface area contributed by atoms with E-state index in [1.807, 2.05) is 42.2 Å². The highest BCUT2D eigenvalue weighted by Crippen LogP contribution is 2.32. The Morgan fingerprint density at radius 1 is 1.04 bits per heavy atom. The molecule has 0 spiro atoms. The Morgan fingerprint density at radius 3 is 2.46 bits per heavy atom. The number of nitrogens with zero attached hydrogens (tertiary/aromatic N) is 2. The van der Waals surface area contributed by atoms with Crippen molar-refractivity contribution in [2.75, 3.05) is 24.5 Å². The summed E-state index contributed by atoms with van der Waals surface area (Å²) < 4.78 is 0. The van der Waals surface area contributed by atoms with Crippen LogP contribution in [0, 0.1) is 0 Å². The highest BCUT2D eigenvalue weighted by atomic mass is 35.5. The number of benzene rings is 2. The first-order chi connectivity index (χ1) is 13.2. The van der Waals surface area contributed by atoms with Gasteiger partial charge in [0.05, 0.1) is 6.04 Å². The number of rotatable bonds is 8. The molecule has 0 saturated heterocycles. The molecule has 1 amide bonds. The summed E-state index contributed by atoms with van der Waals surface area (Å²) in [5.41, 5.74) is 3.83. The van der Waals surface area contributed by atoms with E-state index < -0.39 is 0 Å². The summed E-state index contributed by atoms with van der Waals surface area (Å²) in [6.45, 7) is 7.11. The van der Waals surface area contributed by atoms with Crippen molar-refractivity contribution in [3.05, 3.63) is 65.7 Å². The minimum absolute atomic E-state index is 0. The number of unbranched alkanes of at least 4 members (excludes halogenated alkanes) is 2. The molecule has 1 unspecified atom stereocenters. The van der Waals surface area contributed by atoms with Crippen molar-refractivity contribution in [3.8, 4) is 0 Å². The van der Waals surface area contributed by atoms with Gasteiger partial charge in [-0.05, 0) is 42.6 Å². The third-order valence-corrected chi connectivity index (χ3v) is 5.60. The average Bonchev–Trinajstić information content (AvgIpc) is 2.73. The van der Waals surface area contributed by atoms with Crippen molar-refractivity contribution in [3.63, 3.8) is 0 Å². The summed E-state index contributed by atoms with van der Waals surface area (Å²) >= 11 is 0. The van der Waals surface area contributed by atoms with Crippen molar-refractivity contribution in [1.82, 2.24) is 4.90 Å². The highest BCUT2D eigenvalue weighted by Gasteiger charge is 2.30. The molecule has 0 aliphatic carbocycles. The summed E-state index contributed by atoms with van der Waals surface area (Å²) in [5, 5.41) is 0. The maximum absolute atomic E-state index is 12.8. The quantitative estimate of drug-likeness (QED) is 0.535. The molecule has 1 heterocycles. The first-order valence-corrected chi connectivity index (χ1v) is 10.4. The summed E-state index contributed by atoms with van der Waals surface area (Å²) in [6.07, 6.45) is 5.36. The molecule has 0 fully saturated rings.